The maximum atomic E-state index is 12.7. The van der Waals surface area contributed by atoms with E-state index in [1.54, 1.807) is 34.5 Å². The fraction of sp³-hybridized carbons (Fsp3) is 0.312. The van der Waals surface area contributed by atoms with Gasteiger partial charge in [0.15, 0.2) is 5.69 Å². The molecule has 0 bridgehead atoms. The summed E-state index contributed by atoms with van der Waals surface area (Å²) >= 11 is 7.43. The molecule has 0 unspecified atom stereocenters. The van der Waals surface area contributed by atoms with Crippen molar-refractivity contribution in [2.75, 3.05) is 7.11 Å². The largest absolute Gasteiger partial charge is 0.464 e. The average molecular weight is 353 g/mol. The third-order valence-corrected chi connectivity index (χ3v) is 4.40. The lowest BCUT2D eigenvalue weighted by Crippen LogP contribution is -2.36. The van der Waals surface area contributed by atoms with Crippen molar-refractivity contribution in [3.05, 3.63) is 50.9 Å². The van der Waals surface area contributed by atoms with Crippen LogP contribution < -0.4 is 0 Å². The molecular weight excluding hydrogens is 336 g/mol. The molecule has 2 aromatic rings. The Balaban J connectivity index is 2.22. The van der Waals surface area contributed by atoms with Crippen molar-refractivity contribution in [2.45, 2.75) is 26.4 Å². The Kier molecular flexibility index (Phi) is 5.74. The number of methoxy groups -OCH3 is 1. The Bertz CT molecular complexity index is 715. The highest BCUT2D eigenvalue weighted by Crippen LogP contribution is 2.21. The van der Waals surface area contributed by atoms with E-state index in [1.807, 2.05) is 13.8 Å². The van der Waals surface area contributed by atoms with Gasteiger partial charge in [0.2, 0.25) is 0 Å². The molecule has 0 aliphatic carbocycles. The molecule has 0 fully saturated rings. The van der Waals surface area contributed by atoms with Crippen LogP contribution in [0.15, 0.2) is 29.6 Å². The summed E-state index contributed by atoms with van der Waals surface area (Å²) in [7, 11) is 1.31. The summed E-state index contributed by atoms with van der Waals surface area (Å²) in [5, 5.41) is 2.71. The van der Waals surface area contributed by atoms with Gasteiger partial charge in [-0.05, 0) is 26.0 Å². The molecular formula is C16H17ClN2O3S. The van der Waals surface area contributed by atoms with Crippen LogP contribution in [0.4, 0.5) is 0 Å². The summed E-state index contributed by atoms with van der Waals surface area (Å²) in [4.78, 5) is 30.1. The Hall–Kier alpha value is -1.92. The first kappa shape index (κ1) is 17.4. The molecule has 1 amide bonds. The number of benzene rings is 1. The van der Waals surface area contributed by atoms with Gasteiger partial charge in [0.05, 0.1) is 24.2 Å². The lowest BCUT2D eigenvalue weighted by Gasteiger charge is -2.26. The van der Waals surface area contributed by atoms with E-state index in [9.17, 15) is 9.59 Å². The van der Waals surface area contributed by atoms with Crippen LogP contribution in [0.25, 0.3) is 0 Å². The fourth-order valence-electron chi connectivity index (χ4n) is 2.01. The number of thiazole rings is 1. The Morgan fingerprint density at radius 2 is 2.04 bits per heavy atom. The summed E-state index contributed by atoms with van der Waals surface area (Å²) in [6.07, 6.45) is 0. The minimum absolute atomic E-state index is 0.0377. The standard InChI is InChI=1S/C16H17ClN2O3S/c1-10(2)19(15(20)11-6-4-5-7-12(11)17)8-14-18-13(9-23-14)16(21)22-3/h4-7,9-10H,8H2,1-3H3. The van der Waals surface area contributed by atoms with E-state index in [0.717, 1.165) is 0 Å². The maximum Gasteiger partial charge on any atom is 0.357 e. The third kappa shape index (κ3) is 4.09. The predicted octanol–water partition coefficient (Wildman–Crippen LogP) is 3.63. The van der Waals surface area contributed by atoms with Gasteiger partial charge in [0.25, 0.3) is 5.91 Å². The highest BCUT2D eigenvalue weighted by atomic mass is 35.5. The van der Waals surface area contributed by atoms with Gasteiger partial charge in [-0.3, -0.25) is 4.79 Å². The summed E-state index contributed by atoms with van der Waals surface area (Å²) < 4.78 is 4.64. The minimum Gasteiger partial charge on any atom is -0.464 e. The molecule has 23 heavy (non-hydrogen) atoms. The molecule has 0 spiro atoms. The number of aromatic nitrogens is 1. The van der Waals surface area contributed by atoms with Crippen LogP contribution in [0.1, 0.15) is 39.7 Å². The highest BCUT2D eigenvalue weighted by molar-refractivity contribution is 7.09. The molecule has 0 saturated carbocycles. The monoisotopic (exact) mass is 352 g/mol. The van der Waals surface area contributed by atoms with Crippen molar-refractivity contribution in [3.63, 3.8) is 0 Å². The summed E-state index contributed by atoms with van der Waals surface area (Å²) in [6.45, 7) is 4.15. The third-order valence-electron chi connectivity index (χ3n) is 3.24. The maximum absolute atomic E-state index is 12.7. The van der Waals surface area contributed by atoms with Gasteiger partial charge in [-0.2, -0.15) is 0 Å². The SMILES string of the molecule is COC(=O)c1csc(CN(C(=O)c2ccccc2Cl)C(C)C)n1. The van der Waals surface area contributed by atoms with E-state index in [1.165, 1.54) is 18.4 Å². The number of hydrogen-bond donors (Lipinski definition) is 0. The number of nitrogens with zero attached hydrogens (tertiary/aromatic N) is 2. The summed E-state index contributed by atoms with van der Waals surface area (Å²) in [6, 6.07) is 6.90. The van der Waals surface area contributed by atoms with Crippen molar-refractivity contribution in [1.29, 1.82) is 0 Å². The Morgan fingerprint density at radius 3 is 2.65 bits per heavy atom. The van der Waals surface area contributed by atoms with Crippen LogP contribution in [0, 0.1) is 0 Å². The number of amides is 1. The molecule has 0 aliphatic heterocycles. The Labute approximate surface area is 143 Å². The summed E-state index contributed by atoms with van der Waals surface area (Å²) in [5.41, 5.74) is 0.703. The van der Waals surface area contributed by atoms with Crippen LogP contribution in [-0.4, -0.2) is 34.9 Å². The molecule has 1 aromatic carbocycles. The van der Waals surface area contributed by atoms with E-state index in [-0.39, 0.29) is 17.6 Å². The van der Waals surface area contributed by atoms with Crippen molar-refractivity contribution in [2.24, 2.45) is 0 Å². The second kappa shape index (κ2) is 7.57. The molecule has 122 valence electrons. The lowest BCUT2D eigenvalue weighted by atomic mass is 10.1. The number of carbonyl (C=O) groups excluding carboxylic acids is 2. The second-order valence-corrected chi connectivity index (χ2v) is 6.47. The zero-order valence-corrected chi connectivity index (χ0v) is 14.6. The van der Waals surface area contributed by atoms with Crippen LogP contribution in [0.2, 0.25) is 5.02 Å². The molecule has 0 aliphatic rings. The molecule has 0 atom stereocenters. The van der Waals surface area contributed by atoms with E-state index < -0.39 is 5.97 Å². The average Bonchev–Trinajstić information content (AvgIpc) is 3.00. The van der Waals surface area contributed by atoms with Gasteiger partial charge >= 0.3 is 5.97 Å². The van der Waals surface area contributed by atoms with Crippen LogP contribution in [0.3, 0.4) is 0 Å². The van der Waals surface area contributed by atoms with E-state index in [0.29, 0.717) is 22.1 Å². The molecule has 0 saturated heterocycles. The molecule has 0 radical (unpaired) electrons. The van der Waals surface area contributed by atoms with Crippen molar-refractivity contribution in [1.82, 2.24) is 9.88 Å². The first-order valence-corrected chi connectivity index (χ1v) is 8.28. The molecule has 2 rings (SSSR count). The second-order valence-electron chi connectivity index (χ2n) is 5.12. The lowest BCUT2D eigenvalue weighted by molar-refractivity contribution is 0.0594. The van der Waals surface area contributed by atoms with Crippen molar-refractivity contribution >= 4 is 34.8 Å². The van der Waals surface area contributed by atoms with Gasteiger partial charge in [-0.1, -0.05) is 23.7 Å². The zero-order valence-electron chi connectivity index (χ0n) is 13.1. The number of ether oxygens (including phenoxy) is 1. The van der Waals surface area contributed by atoms with Gasteiger partial charge in [0.1, 0.15) is 5.01 Å². The van der Waals surface area contributed by atoms with Gasteiger partial charge < -0.3 is 9.64 Å². The highest BCUT2D eigenvalue weighted by Gasteiger charge is 2.22. The van der Waals surface area contributed by atoms with Crippen molar-refractivity contribution < 1.29 is 14.3 Å². The first-order chi connectivity index (χ1) is 10.9. The van der Waals surface area contributed by atoms with E-state index >= 15 is 0 Å². The molecule has 5 nitrogen and oxygen atoms in total. The normalized spacial score (nSPS) is 10.7. The molecule has 1 aromatic heterocycles. The number of hydrogen-bond acceptors (Lipinski definition) is 5. The number of halogens is 1. The van der Waals surface area contributed by atoms with E-state index in [4.69, 9.17) is 11.6 Å². The predicted molar refractivity (Wildman–Crippen MR) is 89.9 cm³/mol. The zero-order chi connectivity index (χ0) is 17.0. The minimum atomic E-state index is -0.485. The van der Waals surface area contributed by atoms with Crippen LogP contribution in [0.5, 0.6) is 0 Å². The number of carbonyl (C=O) groups is 2. The van der Waals surface area contributed by atoms with Gasteiger partial charge in [-0.25, -0.2) is 9.78 Å². The Morgan fingerprint density at radius 1 is 1.35 bits per heavy atom. The molecule has 0 N–H and O–H groups in total. The fourth-order valence-corrected chi connectivity index (χ4v) is 2.98. The number of esters is 1. The van der Waals surface area contributed by atoms with Crippen LogP contribution in [-0.2, 0) is 11.3 Å². The van der Waals surface area contributed by atoms with Crippen molar-refractivity contribution in [3.8, 4) is 0 Å². The van der Waals surface area contributed by atoms with Gasteiger partial charge in [-0.15, -0.1) is 11.3 Å². The summed E-state index contributed by atoms with van der Waals surface area (Å²) in [5.74, 6) is -0.651. The molecule has 7 heteroatoms. The topological polar surface area (TPSA) is 59.5 Å². The quantitative estimate of drug-likeness (QED) is 0.771. The number of rotatable bonds is 5. The first-order valence-electron chi connectivity index (χ1n) is 7.02. The van der Waals surface area contributed by atoms with Gasteiger partial charge in [0, 0.05) is 11.4 Å². The molecule has 1 heterocycles. The van der Waals surface area contributed by atoms with Crippen LogP contribution >= 0.6 is 22.9 Å². The smallest absolute Gasteiger partial charge is 0.357 e. The van der Waals surface area contributed by atoms with E-state index in [2.05, 4.69) is 9.72 Å².